The van der Waals surface area contributed by atoms with Gasteiger partial charge in [-0.1, -0.05) is 76.6 Å². The smallest absolute Gasteiger partial charge is 0.340 e. The second-order valence-electron chi connectivity index (χ2n) is 7.03. The molecule has 0 bridgehead atoms. The lowest BCUT2D eigenvalue weighted by atomic mass is 9.82. The van der Waals surface area contributed by atoms with Crippen LogP contribution in [0.4, 0.5) is 0 Å². The highest BCUT2D eigenvalue weighted by molar-refractivity contribution is 9.10. The predicted molar refractivity (Wildman–Crippen MR) is 111 cm³/mol. The van der Waals surface area contributed by atoms with Gasteiger partial charge in [-0.25, -0.2) is 4.79 Å². The third-order valence-corrected chi connectivity index (χ3v) is 6.08. The van der Waals surface area contributed by atoms with E-state index in [0.717, 1.165) is 33.0 Å². The summed E-state index contributed by atoms with van der Waals surface area (Å²) < 4.78 is 6.75. The molecule has 5 rings (SSSR count). The van der Waals surface area contributed by atoms with Crippen LogP contribution in [0.1, 0.15) is 34.1 Å². The van der Waals surface area contributed by atoms with Crippen molar-refractivity contribution in [1.29, 1.82) is 0 Å². The zero-order chi connectivity index (χ0) is 18.4. The Labute approximate surface area is 165 Å². The third-order valence-electron chi connectivity index (χ3n) is 5.55. The van der Waals surface area contributed by atoms with Crippen LogP contribution >= 0.6 is 15.9 Å². The van der Waals surface area contributed by atoms with Crippen LogP contribution in [0.25, 0.3) is 11.0 Å². The van der Waals surface area contributed by atoms with E-state index in [9.17, 15) is 4.79 Å². The lowest BCUT2D eigenvalue weighted by molar-refractivity contribution is 0.542. The van der Waals surface area contributed by atoms with Crippen LogP contribution in [0.3, 0.4) is 0 Å². The standard InChI is InChI=1S/C24H17BrO2/c25-17-12-10-15(11-13-17)19-14-20-18-8-4-5-9-21(18)27-24(26)23(20)22(19)16-6-2-1-3-7-16/h1-13,19,22H,14H2/t19-,22-/m1/s1. The Kier molecular flexibility index (Phi) is 3.98. The zero-order valence-electron chi connectivity index (χ0n) is 14.6. The Morgan fingerprint density at radius 3 is 2.30 bits per heavy atom. The van der Waals surface area contributed by atoms with Crippen molar-refractivity contribution in [3.05, 3.63) is 116 Å². The number of rotatable bonds is 2. The van der Waals surface area contributed by atoms with Crippen LogP contribution in [0.2, 0.25) is 0 Å². The van der Waals surface area contributed by atoms with Crippen LogP contribution in [0.15, 0.2) is 92.5 Å². The molecular formula is C24H17BrO2. The van der Waals surface area contributed by atoms with E-state index in [0.29, 0.717) is 5.58 Å². The second-order valence-corrected chi connectivity index (χ2v) is 7.94. The van der Waals surface area contributed by atoms with Gasteiger partial charge in [0.25, 0.3) is 0 Å². The van der Waals surface area contributed by atoms with Gasteiger partial charge in [0.1, 0.15) is 5.58 Å². The van der Waals surface area contributed by atoms with Crippen molar-refractivity contribution in [2.75, 3.05) is 0 Å². The van der Waals surface area contributed by atoms with E-state index in [-0.39, 0.29) is 17.5 Å². The van der Waals surface area contributed by atoms with Gasteiger partial charge in [-0.3, -0.25) is 0 Å². The molecule has 2 nitrogen and oxygen atoms in total. The topological polar surface area (TPSA) is 30.2 Å². The molecule has 1 aliphatic carbocycles. The minimum absolute atomic E-state index is 0.00299. The summed E-state index contributed by atoms with van der Waals surface area (Å²) in [4.78, 5) is 13.0. The minimum Gasteiger partial charge on any atom is -0.422 e. The van der Waals surface area contributed by atoms with E-state index in [1.807, 2.05) is 36.4 Å². The molecule has 3 aromatic carbocycles. The summed E-state index contributed by atoms with van der Waals surface area (Å²) in [5.74, 6) is 0.215. The summed E-state index contributed by atoms with van der Waals surface area (Å²) in [7, 11) is 0. The maximum absolute atomic E-state index is 13.0. The zero-order valence-corrected chi connectivity index (χ0v) is 16.1. The molecule has 0 amide bonds. The van der Waals surface area contributed by atoms with Crippen LogP contribution in [0.5, 0.6) is 0 Å². The number of benzene rings is 3. The Balaban J connectivity index is 1.77. The van der Waals surface area contributed by atoms with Gasteiger partial charge in [0, 0.05) is 21.3 Å². The molecule has 0 aliphatic heterocycles. The highest BCUT2D eigenvalue weighted by Gasteiger charge is 2.38. The van der Waals surface area contributed by atoms with Gasteiger partial charge in [-0.15, -0.1) is 0 Å². The number of para-hydroxylation sites is 1. The first-order valence-electron chi connectivity index (χ1n) is 9.07. The van der Waals surface area contributed by atoms with Crippen molar-refractivity contribution in [2.24, 2.45) is 0 Å². The van der Waals surface area contributed by atoms with Gasteiger partial charge in [-0.2, -0.15) is 0 Å². The van der Waals surface area contributed by atoms with Crippen molar-refractivity contribution >= 4 is 26.9 Å². The molecule has 0 radical (unpaired) electrons. The fraction of sp³-hybridized carbons (Fsp3) is 0.125. The van der Waals surface area contributed by atoms with Crippen molar-refractivity contribution in [3.63, 3.8) is 0 Å². The molecule has 0 N–H and O–H groups in total. The molecule has 132 valence electrons. The van der Waals surface area contributed by atoms with Crippen LogP contribution in [-0.4, -0.2) is 0 Å². The Morgan fingerprint density at radius 1 is 0.815 bits per heavy atom. The first kappa shape index (κ1) is 16.5. The minimum atomic E-state index is -0.211. The summed E-state index contributed by atoms with van der Waals surface area (Å²) in [5.41, 5.74) is 4.80. The van der Waals surface area contributed by atoms with E-state index >= 15 is 0 Å². The molecule has 0 saturated carbocycles. The second kappa shape index (κ2) is 6.50. The largest absolute Gasteiger partial charge is 0.422 e. The molecule has 0 spiro atoms. The van der Waals surface area contributed by atoms with Crippen molar-refractivity contribution in [2.45, 2.75) is 18.3 Å². The van der Waals surface area contributed by atoms with Crippen LogP contribution in [-0.2, 0) is 6.42 Å². The van der Waals surface area contributed by atoms with Crippen LogP contribution < -0.4 is 5.63 Å². The average Bonchev–Trinajstić information content (AvgIpc) is 3.11. The first-order chi connectivity index (χ1) is 13.2. The summed E-state index contributed by atoms with van der Waals surface area (Å²) in [6.45, 7) is 0. The Morgan fingerprint density at radius 2 is 1.52 bits per heavy atom. The normalized spacial score (nSPS) is 18.6. The molecule has 1 aliphatic rings. The fourth-order valence-electron chi connectivity index (χ4n) is 4.38. The summed E-state index contributed by atoms with van der Waals surface area (Å²) in [6.07, 6.45) is 0.836. The highest BCUT2D eigenvalue weighted by Crippen LogP contribution is 2.48. The fourth-order valence-corrected chi connectivity index (χ4v) is 4.65. The quantitative estimate of drug-likeness (QED) is 0.373. The predicted octanol–water partition coefficient (Wildman–Crippen LogP) is 6.03. The first-order valence-corrected chi connectivity index (χ1v) is 9.86. The average molecular weight is 417 g/mol. The molecule has 4 aromatic rings. The highest BCUT2D eigenvalue weighted by atomic mass is 79.9. The SMILES string of the molecule is O=c1oc2ccccc2c2c1[C@H](c1ccccc1)[C@@H](c1ccc(Br)cc1)C2. The van der Waals surface area contributed by atoms with E-state index in [4.69, 9.17) is 4.42 Å². The maximum atomic E-state index is 13.0. The van der Waals surface area contributed by atoms with Gasteiger partial charge in [-0.05, 0) is 47.2 Å². The van der Waals surface area contributed by atoms with E-state index in [1.165, 1.54) is 5.56 Å². The molecular weight excluding hydrogens is 400 g/mol. The molecule has 0 fully saturated rings. The third kappa shape index (κ3) is 2.74. The maximum Gasteiger partial charge on any atom is 0.340 e. The molecule has 1 heterocycles. The van der Waals surface area contributed by atoms with E-state index in [1.54, 1.807) is 0 Å². The van der Waals surface area contributed by atoms with Crippen molar-refractivity contribution in [3.8, 4) is 0 Å². The lowest BCUT2D eigenvalue weighted by Gasteiger charge is -2.21. The van der Waals surface area contributed by atoms with Crippen molar-refractivity contribution < 1.29 is 4.42 Å². The van der Waals surface area contributed by atoms with Gasteiger partial charge in [0.2, 0.25) is 0 Å². The molecule has 27 heavy (non-hydrogen) atoms. The van der Waals surface area contributed by atoms with E-state index in [2.05, 4.69) is 58.4 Å². The van der Waals surface area contributed by atoms with Gasteiger partial charge >= 0.3 is 5.63 Å². The summed E-state index contributed by atoms with van der Waals surface area (Å²) >= 11 is 3.52. The molecule has 0 saturated heterocycles. The summed E-state index contributed by atoms with van der Waals surface area (Å²) in [6, 6.07) is 26.6. The van der Waals surface area contributed by atoms with Crippen LogP contribution in [0, 0.1) is 0 Å². The van der Waals surface area contributed by atoms with Gasteiger partial charge < -0.3 is 4.42 Å². The van der Waals surface area contributed by atoms with Gasteiger partial charge in [0.05, 0.1) is 0 Å². The monoisotopic (exact) mass is 416 g/mol. The van der Waals surface area contributed by atoms with E-state index < -0.39 is 0 Å². The number of halogens is 1. The summed E-state index contributed by atoms with van der Waals surface area (Å²) in [5, 5.41) is 1.05. The van der Waals surface area contributed by atoms with Crippen molar-refractivity contribution in [1.82, 2.24) is 0 Å². The Bertz CT molecular complexity index is 1180. The molecule has 1 aromatic heterocycles. The van der Waals surface area contributed by atoms with Gasteiger partial charge in [0.15, 0.2) is 0 Å². The lowest BCUT2D eigenvalue weighted by Crippen LogP contribution is -2.15. The number of hydrogen-bond acceptors (Lipinski definition) is 2. The molecule has 2 atom stereocenters. The molecule has 0 unspecified atom stereocenters. The Hall–Kier alpha value is -2.65. The number of hydrogen-bond donors (Lipinski definition) is 0. The number of fused-ring (bicyclic) bond motifs is 3. The molecule has 3 heteroatoms.